The van der Waals surface area contributed by atoms with Crippen LogP contribution in [0.5, 0.6) is 0 Å². The molecule has 17 heavy (non-hydrogen) atoms. The molecule has 1 saturated carbocycles. The first-order valence-electron chi connectivity index (χ1n) is 4.93. The Balaban J connectivity index is 2.27. The number of rotatable bonds is 3. The summed E-state index contributed by atoms with van der Waals surface area (Å²) < 4.78 is 36.6. The van der Waals surface area contributed by atoms with Crippen LogP contribution in [-0.4, -0.2) is 16.6 Å². The number of carboxylic acid groups (broad SMARTS) is 1. The Morgan fingerprint density at radius 2 is 2.00 bits per heavy atom. The van der Waals surface area contributed by atoms with Crippen LogP contribution in [0.3, 0.4) is 0 Å². The van der Waals surface area contributed by atoms with Crippen molar-refractivity contribution in [1.29, 1.82) is 0 Å². The second-order valence-corrected chi connectivity index (χ2v) is 5.10. The quantitative estimate of drug-likeness (QED) is 0.848. The lowest BCUT2D eigenvalue weighted by Crippen LogP contribution is -2.19. The third-order valence-corrected chi connectivity index (χ3v) is 3.50. The summed E-state index contributed by atoms with van der Waals surface area (Å²) in [6.45, 7) is 0. The molecule has 1 N–H and O–H groups in total. The number of carbonyl (C=O) groups is 1. The SMILES string of the molecule is O=C(O)C1(c2cccc(SC(F)(F)F)c2)CC1. The zero-order valence-corrected chi connectivity index (χ0v) is 9.44. The van der Waals surface area contributed by atoms with Gasteiger partial charge < -0.3 is 5.11 Å². The van der Waals surface area contributed by atoms with Gasteiger partial charge in [0.05, 0.1) is 5.41 Å². The van der Waals surface area contributed by atoms with Crippen molar-refractivity contribution in [3.05, 3.63) is 29.8 Å². The third kappa shape index (κ3) is 2.57. The molecule has 0 spiro atoms. The Kier molecular flexibility index (Phi) is 2.85. The van der Waals surface area contributed by atoms with E-state index in [-0.39, 0.29) is 16.7 Å². The monoisotopic (exact) mass is 262 g/mol. The molecule has 0 aromatic heterocycles. The van der Waals surface area contributed by atoms with Gasteiger partial charge in [0.15, 0.2) is 0 Å². The maximum absolute atomic E-state index is 12.2. The zero-order chi connectivity index (χ0) is 12.7. The van der Waals surface area contributed by atoms with Gasteiger partial charge in [-0.15, -0.1) is 0 Å². The van der Waals surface area contributed by atoms with Crippen LogP contribution >= 0.6 is 11.8 Å². The van der Waals surface area contributed by atoms with E-state index in [9.17, 15) is 18.0 Å². The number of carboxylic acids is 1. The first-order valence-corrected chi connectivity index (χ1v) is 5.75. The molecule has 0 atom stereocenters. The van der Waals surface area contributed by atoms with E-state index in [1.807, 2.05) is 0 Å². The molecule has 1 fully saturated rings. The van der Waals surface area contributed by atoms with Crippen LogP contribution in [0.2, 0.25) is 0 Å². The molecule has 0 amide bonds. The Bertz CT molecular complexity index is 452. The van der Waals surface area contributed by atoms with E-state index in [0.717, 1.165) is 0 Å². The first-order chi connectivity index (χ1) is 7.83. The van der Waals surface area contributed by atoms with Crippen LogP contribution in [-0.2, 0) is 10.2 Å². The molecule has 0 radical (unpaired) electrons. The van der Waals surface area contributed by atoms with E-state index >= 15 is 0 Å². The maximum Gasteiger partial charge on any atom is 0.446 e. The molecule has 0 unspecified atom stereocenters. The van der Waals surface area contributed by atoms with Gasteiger partial charge >= 0.3 is 11.5 Å². The van der Waals surface area contributed by atoms with Crippen molar-refractivity contribution in [2.75, 3.05) is 0 Å². The number of thioether (sulfide) groups is 1. The fraction of sp³-hybridized carbons (Fsp3) is 0.364. The lowest BCUT2D eigenvalue weighted by Gasteiger charge is -2.12. The Hall–Kier alpha value is -1.17. The van der Waals surface area contributed by atoms with Gasteiger partial charge in [-0.05, 0) is 42.3 Å². The van der Waals surface area contributed by atoms with Crippen LogP contribution in [0, 0.1) is 0 Å². The number of aliphatic carboxylic acids is 1. The maximum atomic E-state index is 12.2. The second kappa shape index (κ2) is 3.94. The highest BCUT2D eigenvalue weighted by molar-refractivity contribution is 8.00. The molecule has 2 rings (SSSR count). The van der Waals surface area contributed by atoms with Crippen LogP contribution in [0.4, 0.5) is 13.2 Å². The van der Waals surface area contributed by atoms with Crippen molar-refractivity contribution < 1.29 is 23.1 Å². The molecule has 1 aromatic rings. The summed E-state index contributed by atoms with van der Waals surface area (Å²) in [6, 6.07) is 5.69. The average molecular weight is 262 g/mol. The number of benzene rings is 1. The van der Waals surface area contributed by atoms with Crippen molar-refractivity contribution >= 4 is 17.7 Å². The van der Waals surface area contributed by atoms with Crippen molar-refractivity contribution in [2.45, 2.75) is 28.7 Å². The second-order valence-electron chi connectivity index (χ2n) is 3.96. The normalized spacial score (nSPS) is 17.8. The van der Waals surface area contributed by atoms with E-state index in [1.165, 1.54) is 18.2 Å². The molecule has 0 heterocycles. The summed E-state index contributed by atoms with van der Waals surface area (Å²) in [4.78, 5) is 11.1. The van der Waals surface area contributed by atoms with Crippen LogP contribution in [0.1, 0.15) is 18.4 Å². The highest BCUT2D eigenvalue weighted by Gasteiger charge is 2.51. The minimum absolute atomic E-state index is 0.0301. The Morgan fingerprint density at radius 3 is 2.47 bits per heavy atom. The van der Waals surface area contributed by atoms with Gasteiger partial charge in [0.2, 0.25) is 0 Å². The summed E-state index contributed by atoms with van der Waals surface area (Å²) >= 11 is -0.222. The van der Waals surface area contributed by atoms with Gasteiger partial charge in [-0.1, -0.05) is 12.1 Å². The van der Waals surface area contributed by atoms with Crippen molar-refractivity contribution in [3.63, 3.8) is 0 Å². The van der Waals surface area contributed by atoms with Gasteiger partial charge in [-0.2, -0.15) is 13.2 Å². The topological polar surface area (TPSA) is 37.3 Å². The standard InChI is InChI=1S/C11H9F3O2S/c12-11(13,14)17-8-3-1-2-7(6-8)10(4-5-10)9(15)16/h1-3,6H,4-5H2,(H,15,16). The highest BCUT2D eigenvalue weighted by atomic mass is 32.2. The summed E-state index contributed by atoms with van der Waals surface area (Å²) in [5.41, 5.74) is -4.85. The number of halogens is 3. The van der Waals surface area contributed by atoms with Gasteiger partial charge in [0.1, 0.15) is 0 Å². The molecule has 0 aliphatic heterocycles. The van der Waals surface area contributed by atoms with Gasteiger partial charge in [-0.3, -0.25) is 4.79 Å². The Labute approximate surface area is 99.8 Å². The molecule has 1 aromatic carbocycles. The first kappa shape index (κ1) is 12.3. The summed E-state index contributed by atoms with van der Waals surface area (Å²) in [6.07, 6.45) is 0.977. The number of hydrogen-bond acceptors (Lipinski definition) is 2. The van der Waals surface area contributed by atoms with Gasteiger partial charge in [0.25, 0.3) is 0 Å². The lowest BCUT2D eigenvalue weighted by atomic mass is 9.96. The van der Waals surface area contributed by atoms with E-state index in [2.05, 4.69) is 0 Å². The largest absolute Gasteiger partial charge is 0.481 e. The van der Waals surface area contributed by atoms with E-state index in [0.29, 0.717) is 18.4 Å². The van der Waals surface area contributed by atoms with Crippen molar-refractivity contribution in [2.24, 2.45) is 0 Å². The van der Waals surface area contributed by atoms with Crippen molar-refractivity contribution in [3.8, 4) is 0 Å². The molecule has 2 nitrogen and oxygen atoms in total. The minimum atomic E-state index is -4.35. The fourth-order valence-corrected chi connectivity index (χ4v) is 2.34. The molecule has 1 aliphatic rings. The van der Waals surface area contributed by atoms with E-state index in [1.54, 1.807) is 6.07 Å². The van der Waals surface area contributed by atoms with Gasteiger partial charge in [0, 0.05) is 4.90 Å². The predicted octanol–water partition coefficient (Wildman–Crippen LogP) is 3.41. The molecule has 6 heteroatoms. The average Bonchev–Trinajstić information content (AvgIpc) is 2.95. The summed E-state index contributed by atoms with van der Waals surface area (Å²) in [5, 5.41) is 9.05. The number of hydrogen-bond donors (Lipinski definition) is 1. The molecule has 1 aliphatic carbocycles. The predicted molar refractivity (Wildman–Crippen MR) is 56.9 cm³/mol. The van der Waals surface area contributed by atoms with Crippen LogP contribution in [0.25, 0.3) is 0 Å². The molecular weight excluding hydrogens is 253 g/mol. The zero-order valence-electron chi connectivity index (χ0n) is 8.62. The molecular formula is C11H9F3O2S. The van der Waals surface area contributed by atoms with E-state index in [4.69, 9.17) is 5.11 Å². The summed E-state index contributed by atoms with van der Waals surface area (Å²) in [5.74, 6) is -0.966. The third-order valence-electron chi connectivity index (χ3n) is 2.78. The fourth-order valence-electron chi connectivity index (χ4n) is 1.74. The molecule has 0 saturated heterocycles. The summed E-state index contributed by atoms with van der Waals surface area (Å²) in [7, 11) is 0. The highest BCUT2D eigenvalue weighted by Crippen LogP contribution is 2.49. The van der Waals surface area contributed by atoms with Crippen LogP contribution in [0.15, 0.2) is 29.2 Å². The number of alkyl halides is 3. The lowest BCUT2D eigenvalue weighted by molar-refractivity contribution is -0.140. The smallest absolute Gasteiger partial charge is 0.446 e. The van der Waals surface area contributed by atoms with Crippen molar-refractivity contribution in [1.82, 2.24) is 0 Å². The molecule has 92 valence electrons. The molecule has 0 bridgehead atoms. The van der Waals surface area contributed by atoms with E-state index < -0.39 is 16.9 Å². The van der Waals surface area contributed by atoms with Crippen LogP contribution < -0.4 is 0 Å². The Morgan fingerprint density at radius 1 is 1.35 bits per heavy atom. The van der Waals surface area contributed by atoms with Gasteiger partial charge in [-0.25, -0.2) is 0 Å². The minimum Gasteiger partial charge on any atom is -0.481 e.